The summed E-state index contributed by atoms with van der Waals surface area (Å²) >= 11 is 0. The van der Waals surface area contributed by atoms with Gasteiger partial charge in [0, 0.05) is 42.7 Å². The number of rotatable bonds is 4. The van der Waals surface area contributed by atoms with Crippen LogP contribution < -0.4 is 11.1 Å². The lowest BCUT2D eigenvalue weighted by Gasteiger charge is -2.39. The molecule has 2 amide bonds. The van der Waals surface area contributed by atoms with Gasteiger partial charge in [-0.2, -0.15) is 0 Å². The quantitative estimate of drug-likeness (QED) is 0.789. The molecule has 7 heteroatoms. The van der Waals surface area contributed by atoms with Gasteiger partial charge in [0.15, 0.2) is 0 Å². The van der Waals surface area contributed by atoms with Crippen LogP contribution in [0.3, 0.4) is 0 Å². The van der Waals surface area contributed by atoms with Crippen molar-refractivity contribution in [1.29, 1.82) is 0 Å². The summed E-state index contributed by atoms with van der Waals surface area (Å²) in [5.41, 5.74) is 6.62. The molecular formula is C23H37N5O2. The highest BCUT2D eigenvalue weighted by Gasteiger charge is 2.33. The maximum absolute atomic E-state index is 13.0. The van der Waals surface area contributed by atoms with E-state index in [1.807, 2.05) is 37.8 Å². The van der Waals surface area contributed by atoms with Gasteiger partial charge in [-0.25, -0.2) is 4.98 Å². The molecule has 2 saturated heterocycles. The largest absolute Gasteiger partial charge is 0.384 e. The normalized spacial score (nSPS) is 20.7. The van der Waals surface area contributed by atoms with E-state index in [4.69, 9.17) is 5.73 Å². The van der Waals surface area contributed by atoms with Gasteiger partial charge in [0.2, 0.25) is 11.8 Å². The zero-order valence-corrected chi connectivity index (χ0v) is 18.9. The molecule has 0 aliphatic carbocycles. The minimum Gasteiger partial charge on any atom is -0.384 e. The Morgan fingerprint density at radius 3 is 2.33 bits per heavy atom. The molecule has 3 N–H and O–H groups in total. The van der Waals surface area contributed by atoms with Crippen molar-refractivity contribution < 1.29 is 9.59 Å². The van der Waals surface area contributed by atoms with Gasteiger partial charge in [-0.05, 0) is 63.4 Å². The Morgan fingerprint density at radius 2 is 1.77 bits per heavy atom. The van der Waals surface area contributed by atoms with Gasteiger partial charge < -0.3 is 16.0 Å². The third kappa shape index (κ3) is 5.50. The SMILES string of the molecule is CC(c1ccnc(N)c1)N1CCC(C(=O)N2CCC(NC(=O)C(C)(C)C)CC2)CC1. The van der Waals surface area contributed by atoms with E-state index in [1.54, 1.807) is 6.20 Å². The third-order valence-electron chi connectivity index (χ3n) is 6.54. The molecular weight excluding hydrogens is 378 g/mol. The Hall–Kier alpha value is -2.15. The van der Waals surface area contributed by atoms with Gasteiger partial charge in [0.1, 0.15) is 5.82 Å². The van der Waals surface area contributed by atoms with Gasteiger partial charge in [-0.1, -0.05) is 20.8 Å². The van der Waals surface area contributed by atoms with E-state index in [2.05, 4.69) is 22.1 Å². The van der Waals surface area contributed by atoms with E-state index in [-0.39, 0.29) is 35.2 Å². The molecule has 166 valence electrons. The first-order chi connectivity index (χ1) is 14.1. The highest BCUT2D eigenvalue weighted by Crippen LogP contribution is 2.28. The van der Waals surface area contributed by atoms with Gasteiger partial charge in [0.25, 0.3) is 0 Å². The fourth-order valence-corrected chi connectivity index (χ4v) is 4.37. The Bertz CT molecular complexity index is 744. The zero-order valence-electron chi connectivity index (χ0n) is 18.9. The number of pyridine rings is 1. The first-order valence-electron chi connectivity index (χ1n) is 11.2. The van der Waals surface area contributed by atoms with Crippen molar-refractivity contribution in [2.75, 3.05) is 31.9 Å². The van der Waals surface area contributed by atoms with Crippen LogP contribution >= 0.6 is 0 Å². The molecule has 0 aromatic carbocycles. The summed E-state index contributed by atoms with van der Waals surface area (Å²) in [5, 5.41) is 3.14. The lowest BCUT2D eigenvalue weighted by molar-refractivity contribution is -0.138. The predicted molar refractivity (Wildman–Crippen MR) is 119 cm³/mol. The van der Waals surface area contributed by atoms with Gasteiger partial charge in [-0.3, -0.25) is 14.5 Å². The lowest BCUT2D eigenvalue weighted by Crippen LogP contribution is -2.51. The molecule has 2 aliphatic rings. The number of nitrogens with one attached hydrogen (secondary N) is 1. The fraction of sp³-hybridized carbons (Fsp3) is 0.696. The number of anilines is 1. The molecule has 3 heterocycles. The molecule has 7 nitrogen and oxygen atoms in total. The van der Waals surface area contributed by atoms with Gasteiger partial charge >= 0.3 is 0 Å². The van der Waals surface area contributed by atoms with E-state index < -0.39 is 0 Å². The Labute approximate surface area is 180 Å². The van der Waals surface area contributed by atoms with Crippen LogP contribution in [0, 0.1) is 11.3 Å². The number of piperidine rings is 2. The number of amides is 2. The molecule has 1 unspecified atom stereocenters. The molecule has 0 bridgehead atoms. The Morgan fingerprint density at radius 1 is 1.13 bits per heavy atom. The molecule has 2 fully saturated rings. The summed E-state index contributed by atoms with van der Waals surface area (Å²) in [5.74, 6) is 1.03. The van der Waals surface area contributed by atoms with E-state index >= 15 is 0 Å². The number of likely N-dealkylation sites (tertiary alicyclic amines) is 2. The topological polar surface area (TPSA) is 91.6 Å². The van der Waals surface area contributed by atoms with E-state index in [0.29, 0.717) is 5.82 Å². The van der Waals surface area contributed by atoms with E-state index in [9.17, 15) is 9.59 Å². The van der Waals surface area contributed by atoms with E-state index in [0.717, 1.165) is 51.9 Å². The number of nitrogen functional groups attached to an aromatic ring is 1. The van der Waals surface area contributed by atoms with Crippen molar-refractivity contribution in [2.45, 2.75) is 65.5 Å². The number of hydrogen-bond acceptors (Lipinski definition) is 5. The number of nitrogens with two attached hydrogens (primary N) is 1. The predicted octanol–water partition coefficient (Wildman–Crippen LogP) is 2.59. The summed E-state index contributed by atoms with van der Waals surface area (Å²) in [6, 6.07) is 4.40. The van der Waals surface area contributed by atoms with Crippen LogP contribution in [-0.2, 0) is 9.59 Å². The fourth-order valence-electron chi connectivity index (χ4n) is 4.37. The Balaban J connectivity index is 1.45. The molecule has 1 atom stereocenters. The molecule has 2 aliphatic heterocycles. The maximum Gasteiger partial charge on any atom is 0.225 e. The molecule has 0 radical (unpaired) electrons. The number of carbonyl (C=O) groups excluding carboxylic acids is 2. The maximum atomic E-state index is 13.0. The molecule has 0 saturated carbocycles. The number of aromatic nitrogens is 1. The Kier molecular flexibility index (Phi) is 7.01. The van der Waals surface area contributed by atoms with Gasteiger partial charge in [-0.15, -0.1) is 0 Å². The van der Waals surface area contributed by atoms with Crippen LogP contribution in [0.5, 0.6) is 0 Å². The molecule has 1 aromatic heterocycles. The molecule has 1 aromatic rings. The highest BCUT2D eigenvalue weighted by atomic mass is 16.2. The lowest BCUT2D eigenvalue weighted by atomic mass is 9.91. The third-order valence-corrected chi connectivity index (χ3v) is 6.54. The van der Waals surface area contributed by atoms with E-state index in [1.165, 1.54) is 5.56 Å². The van der Waals surface area contributed by atoms with Crippen LogP contribution in [0.25, 0.3) is 0 Å². The first-order valence-corrected chi connectivity index (χ1v) is 11.2. The summed E-state index contributed by atoms with van der Waals surface area (Å²) in [4.78, 5) is 33.7. The minimum atomic E-state index is -0.375. The summed E-state index contributed by atoms with van der Waals surface area (Å²) in [7, 11) is 0. The van der Waals surface area contributed by atoms with Crippen LogP contribution in [0.1, 0.15) is 65.0 Å². The highest BCUT2D eigenvalue weighted by molar-refractivity contribution is 5.82. The summed E-state index contributed by atoms with van der Waals surface area (Å²) < 4.78 is 0. The van der Waals surface area contributed by atoms with Crippen molar-refractivity contribution in [3.8, 4) is 0 Å². The van der Waals surface area contributed by atoms with Crippen molar-refractivity contribution in [3.63, 3.8) is 0 Å². The van der Waals surface area contributed by atoms with Crippen LogP contribution in [-0.4, -0.2) is 58.8 Å². The van der Waals surface area contributed by atoms with Gasteiger partial charge in [0.05, 0.1) is 0 Å². The molecule has 0 spiro atoms. The second-order valence-electron chi connectivity index (χ2n) is 9.82. The second kappa shape index (κ2) is 9.33. The van der Waals surface area contributed by atoms with Crippen LogP contribution in [0.2, 0.25) is 0 Å². The minimum absolute atomic E-state index is 0.0877. The summed E-state index contributed by atoms with van der Waals surface area (Å²) in [6.07, 6.45) is 5.22. The average molecular weight is 416 g/mol. The number of carbonyl (C=O) groups is 2. The second-order valence-corrected chi connectivity index (χ2v) is 9.82. The first kappa shape index (κ1) is 22.5. The average Bonchev–Trinajstić information content (AvgIpc) is 2.72. The van der Waals surface area contributed by atoms with Crippen molar-refractivity contribution in [2.24, 2.45) is 11.3 Å². The van der Waals surface area contributed by atoms with Crippen LogP contribution in [0.15, 0.2) is 18.3 Å². The van der Waals surface area contributed by atoms with Crippen molar-refractivity contribution in [3.05, 3.63) is 23.9 Å². The summed E-state index contributed by atoms with van der Waals surface area (Å²) in [6.45, 7) is 11.3. The molecule has 3 rings (SSSR count). The molecule has 30 heavy (non-hydrogen) atoms. The van der Waals surface area contributed by atoms with Crippen LogP contribution in [0.4, 0.5) is 5.82 Å². The zero-order chi connectivity index (χ0) is 21.9. The smallest absolute Gasteiger partial charge is 0.225 e. The van der Waals surface area contributed by atoms with Crippen molar-refractivity contribution in [1.82, 2.24) is 20.1 Å². The number of nitrogens with zero attached hydrogens (tertiary/aromatic N) is 3. The number of hydrogen-bond donors (Lipinski definition) is 2. The van der Waals surface area contributed by atoms with Crippen molar-refractivity contribution >= 4 is 17.6 Å². The monoisotopic (exact) mass is 415 g/mol. The standard InChI is InChI=1S/C23H37N5O2/c1-16(18-5-10-25-20(24)15-18)27-11-6-17(7-12-27)21(29)28-13-8-19(9-14-28)26-22(30)23(2,3)4/h5,10,15-17,19H,6-9,11-14H2,1-4H3,(H2,24,25)(H,26,30).